The molecule has 1 saturated carbocycles. The maximum absolute atomic E-state index is 12.7. The average molecular weight is 307 g/mol. The molecule has 6 heteroatoms. The zero-order valence-electron chi connectivity index (χ0n) is 12.4. The van der Waals surface area contributed by atoms with Crippen LogP contribution in [-0.4, -0.2) is 40.8 Å². The van der Waals surface area contributed by atoms with Crippen molar-refractivity contribution in [3.63, 3.8) is 0 Å². The molecule has 2 aliphatic rings. The molecule has 2 fully saturated rings. The van der Waals surface area contributed by atoms with Crippen LogP contribution >= 0.6 is 0 Å². The maximum Gasteiger partial charge on any atom is 0.391 e. The van der Waals surface area contributed by atoms with Gasteiger partial charge in [0.25, 0.3) is 0 Å². The predicted octanol–water partition coefficient (Wildman–Crippen LogP) is 3.12. The second-order valence-corrected chi connectivity index (χ2v) is 6.50. The molecule has 3 nitrogen and oxygen atoms in total. The van der Waals surface area contributed by atoms with Crippen LogP contribution in [0.15, 0.2) is 0 Å². The van der Waals surface area contributed by atoms with Crippen LogP contribution in [-0.2, 0) is 4.79 Å². The lowest BCUT2D eigenvalue weighted by Gasteiger charge is -2.34. The number of aliphatic hydroxyl groups excluding tert-OH is 1. The van der Waals surface area contributed by atoms with Crippen LogP contribution in [0.5, 0.6) is 0 Å². The molecule has 1 aliphatic heterocycles. The fourth-order valence-electron chi connectivity index (χ4n) is 3.67. The molecule has 1 heterocycles. The third-order valence-electron chi connectivity index (χ3n) is 4.81. The lowest BCUT2D eigenvalue weighted by Crippen LogP contribution is -2.42. The van der Waals surface area contributed by atoms with Crippen molar-refractivity contribution in [1.82, 2.24) is 4.90 Å². The Hall–Kier alpha value is -0.780. The van der Waals surface area contributed by atoms with E-state index in [0.29, 0.717) is 25.8 Å². The van der Waals surface area contributed by atoms with E-state index in [4.69, 9.17) is 0 Å². The van der Waals surface area contributed by atoms with Crippen molar-refractivity contribution in [2.75, 3.05) is 6.54 Å². The van der Waals surface area contributed by atoms with Gasteiger partial charge in [-0.2, -0.15) is 13.2 Å². The Balaban J connectivity index is 1.89. The van der Waals surface area contributed by atoms with Crippen LogP contribution in [0.4, 0.5) is 13.2 Å². The molecule has 0 bridgehead atoms. The molecule has 0 spiro atoms. The van der Waals surface area contributed by atoms with Gasteiger partial charge in [-0.05, 0) is 51.9 Å². The summed E-state index contributed by atoms with van der Waals surface area (Å²) in [6.07, 6.45) is -1.43. The molecule has 0 aromatic rings. The Morgan fingerprint density at radius 1 is 1.24 bits per heavy atom. The molecule has 1 saturated heterocycles. The maximum atomic E-state index is 12.7. The standard InChI is InChI=1S/C15H24F3NO2/c1-10(20)9-13-3-2-8-19(13)14(21)11-4-6-12(7-5-11)15(16,17)18/h10-13,20H,2-9H2,1H3. The first kappa shape index (κ1) is 16.6. The highest BCUT2D eigenvalue weighted by molar-refractivity contribution is 5.79. The molecular formula is C15H24F3NO2. The van der Waals surface area contributed by atoms with E-state index in [2.05, 4.69) is 0 Å². The molecule has 122 valence electrons. The number of rotatable bonds is 3. The summed E-state index contributed by atoms with van der Waals surface area (Å²) >= 11 is 0. The summed E-state index contributed by atoms with van der Waals surface area (Å²) in [5.74, 6) is -1.51. The van der Waals surface area contributed by atoms with E-state index >= 15 is 0 Å². The van der Waals surface area contributed by atoms with Crippen molar-refractivity contribution in [3.05, 3.63) is 0 Å². The number of alkyl halides is 3. The zero-order chi connectivity index (χ0) is 15.6. The summed E-state index contributed by atoms with van der Waals surface area (Å²) in [5.41, 5.74) is 0. The van der Waals surface area contributed by atoms with Gasteiger partial charge in [-0.15, -0.1) is 0 Å². The first-order valence-electron chi connectivity index (χ1n) is 7.84. The van der Waals surface area contributed by atoms with Gasteiger partial charge >= 0.3 is 6.18 Å². The monoisotopic (exact) mass is 307 g/mol. The van der Waals surface area contributed by atoms with E-state index in [1.54, 1.807) is 11.8 Å². The SMILES string of the molecule is CC(O)CC1CCCN1C(=O)C1CCC(C(F)(F)F)CC1. The molecule has 1 aliphatic carbocycles. The summed E-state index contributed by atoms with van der Waals surface area (Å²) in [7, 11) is 0. The quantitative estimate of drug-likeness (QED) is 0.870. The van der Waals surface area contributed by atoms with Crippen LogP contribution in [0.2, 0.25) is 0 Å². The number of amides is 1. The van der Waals surface area contributed by atoms with Crippen LogP contribution in [0.25, 0.3) is 0 Å². The van der Waals surface area contributed by atoms with E-state index in [1.165, 1.54) is 0 Å². The van der Waals surface area contributed by atoms with Crippen LogP contribution in [0, 0.1) is 11.8 Å². The summed E-state index contributed by atoms with van der Waals surface area (Å²) < 4.78 is 38.0. The summed E-state index contributed by atoms with van der Waals surface area (Å²) in [4.78, 5) is 14.3. The number of nitrogens with zero attached hydrogens (tertiary/aromatic N) is 1. The highest BCUT2D eigenvalue weighted by Crippen LogP contribution is 2.40. The number of aliphatic hydroxyl groups is 1. The molecule has 2 rings (SSSR count). The van der Waals surface area contributed by atoms with Crippen molar-refractivity contribution in [3.8, 4) is 0 Å². The van der Waals surface area contributed by atoms with Crippen molar-refractivity contribution in [1.29, 1.82) is 0 Å². The van der Waals surface area contributed by atoms with Crippen molar-refractivity contribution in [2.45, 2.75) is 70.2 Å². The lowest BCUT2D eigenvalue weighted by molar-refractivity contribution is -0.185. The summed E-state index contributed by atoms with van der Waals surface area (Å²) in [5, 5.41) is 9.48. The second kappa shape index (κ2) is 6.55. The molecule has 2 atom stereocenters. The molecular weight excluding hydrogens is 283 g/mol. The summed E-state index contributed by atoms with van der Waals surface area (Å²) in [6, 6.07) is 0.0536. The van der Waals surface area contributed by atoms with Crippen molar-refractivity contribution in [2.24, 2.45) is 11.8 Å². The minimum Gasteiger partial charge on any atom is -0.393 e. The van der Waals surface area contributed by atoms with Crippen LogP contribution in [0.3, 0.4) is 0 Å². The van der Waals surface area contributed by atoms with E-state index in [-0.39, 0.29) is 30.7 Å². The normalized spacial score (nSPS) is 32.2. The molecule has 0 aromatic carbocycles. The van der Waals surface area contributed by atoms with Gasteiger partial charge < -0.3 is 10.0 Å². The van der Waals surface area contributed by atoms with Crippen LogP contribution in [0.1, 0.15) is 51.9 Å². The molecule has 0 aromatic heterocycles. The fourth-order valence-corrected chi connectivity index (χ4v) is 3.67. The van der Waals surface area contributed by atoms with Gasteiger partial charge in [0.05, 0.1) is 12.0 Å². The van der Waals surface area contributed by atoms with Gasteiger partial charge in [0, 0.05) is 18.5 Å². The van der Waals surface area contributed by atoms with Crippen molar-refractivity contribution < 1.29 is 23.1 Å². The molecule has 2 unspecified atom stereocenters. The first-order valence-corrected chi connectivity index (χ1v) is 7.84. The minimum absolute atomic E-state index is 0.00113. The number of hydrogen-bond donors (Lipinski definition) is 1. The molecule has 0 radical (unpaired) electrons. The highest BCUT2D eigenvalue weighted by atomic mass is 19.4. The van der Waals surface area contributed by atoms with Gasteiger partial charge in [0.15, 0.2) is 0 Å². The number of hydrogen-bond acceptors (Lipinski definition) is 2. The van der Waals surface area contributed by atoms with E-state index in [0.717, 1.165) is 12.8 Å². The van der Waals surface area contributed by atoms with E-state index in [1.807, 2.05) is 0 Å². The van der Waals surface area contributed by atoms with E-state index < -0.39 is 18.2 Å². The number of halogens is 3. The highest BCUT2D eigenvalue weighted by Gasteiger charge is 2.43. The predicted molar refractivity (Wildman–Crippen MR) is 72.5 cm³/mol. The topological polar surface area (TPSA) is 40.5 Å². The zero-order valence-corrected chi connectivity index (χ0v) is 12.4. The van der Waals surface area contributed by atoms with Gasteiger partial charge in [-0.1, -0.05) is 0 Å². The third-order valence-corrected chi connectivity index (χ3v) is 4.81. The Morgan fingerprint density at radius 3 is 2.38 bits per heavy atom. The average Bonchev–Trinajstić information content (AvgIpc) is 2.84. The molecule has 1 N–H and O–H groups in total. The smallest absolute Gasteiger partial charge is 0.391 e. The van der Waals surface area contributed by atoms with Crippen molar-refractivity contribution >= 4 is 5.91 Å². The molecule has 21 heavy (non-hydrogen) atoms. The Kier molecular flexibility index (Phi) is 5.17. The lowest BCUT2D eigenvalue weighted by atomic mass is 9.81. The van der Waals surface area contributed by atoms with Gasteiger partial charge in [-0.25, -0.2) is 0 Å². The fraction of sp³-hybridized carbons (Fsp3) is 0.933. The second-order valence-electron chi connectivity index (χ2n) is 6.50. The number of likely N-dealkylation sites (tertiary alicyclic amines) is 1. The Bertz CT molecular complexity index is 362. The largest absolute Gasteiger partial charge is 0.393 e. The minimum atomic E-state index is -4.13. The number of carbonyl (C=O) groups is 1. The Labute approximate surface area is 123 Å². The van der Waals surface area contributed by atoms with Gasteiger partial charge in [-0.3, -0.25) is 4.79 Å². The van der Waals surface area contributed by atoms with Gasteiger partial charge in [0.1, 0.15) is 0 Å². The first-order chi connectivity index (χ1) is 9.79. The summed E-state index contributed by atoms with van der Waals surface area (Å²) in [6.45, 7) is 2.38. The van der Waals surface area contributed by atoms with Crippen LogP contribution < -0.4 is 0 Å². The molecule has 1 amide bonds. The van der Waals surface area contributed by atoms with Gasteiger partial charge in [0.2, 0.25) is 5.91 Å². The number of carbonyl (C=O) groups excluding carboxylic acids is 1. The Morgan fingerprint density at radius 2 is 1.86 bits per heavy atom. The van der Waals surface area contributed by atoms with E-state index in [9.17, 15) is 23.1 Å². The third kappa shape index (κ3) is 4.11.